The Bertz CT molecular complexity index is 726. The zero-order chi connectivity index (χ0) is 14.7. The molecule has 7 heteroatoms. The number of nitrogens with zero attached hydrogens (tertiary/aromatic N) is 2. The van der Waals surface area contributed by atoms with Crippen LogP contribution >= 0.6 is 0 Å². The minimum atomic E-state index is -1.74. The highest BCUT2D eigenvalue weighted by Gasteiger charge is 2.21. The molecule has 2 aromatic rings. The summed E-state index contributed by atoms with van der Waals surface area (Å²) in [6.07, 6.45) is 0. The number of pyridine rings is 1. The molecule has 20 heavy (non-hydrogen) atoms. The first-order valence-electron chi connectivity index (χ1n) is 5.25. The fraction of sp³-hybridized carbons (Fsp3) is 0. The van der Waals surface area contributed by atoms with E-state index in [1.807, 2.05) is 0 Å². The molecule has 1 heterocycles. The number of halogens is 3. The summed E-state index contributed by atoms with van der Waals surface area (Å²) in [6, 6.07) is 7.84. The summed E-state index contributed by atoms with van der Waals surface area (Å²) in [6.45, 7) is 0. The van der Waals surface area contributed by atoms with E-state index in [2.05, 4.69) is 4.98 Å². The number of carbonyl (C=O) groups excluding carboxylic acids is 1. The van der Waals surface area contributed by atoms with Crippen LogP contribution < -0.4 is 4.74 Å². The Labute approximate surface area is 111 Å². The average molecular weight is 278 g/mol. The first-order valence-corrected chi connectivity index (χ1v) is 5.25. The summed E-state index contributed by atoms with van der Waals surface area (Å²) in [5, 5.41) is 8.80. The quantitative estimate of drug-likeness (QED) is 0.481. The Kier molecular flexibility index (Phi) is 3.66. The molecule has 0 aliphatic rings. The van der Waals surface area contributed by atoms with Crippen LogP contribution in [0.25, 0.3) is 0 Å². The van der Waals surface area contributed by atoms with Crippen LogP contribution in [0, 0.1) is 29.0 Å². The van der Waals surface area contributed by atoms with Gasteiger partial charge in [-0.25, -0.2) is 9.18 Å². The number of rotatable bonds is 2. The van der Waals surface area contributed by atoms with E-state index in [4.69, 9.17) is 10.00 Å². The first-order chi connectivity index (χ1) is 9.52. The third-order valence-electron chi connectivity index (χ3n) is 2.32. The molecule has 0 bridgehead atoms. The Morgan fingerprint density at radius 3 is 2.65 bits per heavy atom. The van der Waals surface area contributed by atoms with E-state index in [0.717, 1.165) is 0 Å². The molecule has 2 rings (SSSR count). The molecule has 0 aliphatic carbocycles. The van der Waals surface area contributed by atoms with Crippen molar-refractivity contribution in [3.8, 4) is 11.8 Å². The number of para-hydroxylation sites is 1. The molecular formula is C13H5F3N2O2. The minimum absolute atomic E-state index is 0.0243. The van der Waals surface area contributed by atoms with Gasteiger partial charge in [0.25, 0.3) is 5.95 Å². The van der Waals surface area contributed by atoms with Gasteiger partial charge in [0.1, 0.15) is 17.4 Å². The van der Waals surface area contributed by atoms with Crippen LogP contribution in [0.5, 0.6) is 5.75 Å². The van der Waals surface area contributed by atoms with Gasteiger partial charge in [-0.3, -0.25) is 0 Å². The smallest absolute Gasteiger partial charge is 0.346 e. The van der Waals surface area contributed by atoms with Gasteiger partial charge in [-0.05, 0) is 12.1 Å². The van der Waals surface area contributed by atoms with Crippen molar-refractivity contribution < 1.29 is 22.7 Å². The molecule has 0 unspecified atom stereocenters. The molecule has 0 fully saturated rings. The number of nitriles is 1. The maximum atomic E-state index is 13.3. The van der Waals surface area contributed by atoms with Crippen LogP contribution in [0.1, 0.15) is 15.9 Å². The second-order valence-electron chi connectivity index (χ2n) is 3.59. The molecule has 0 saturated carbocycles. The van der Waals surface area contributed by atoms with Crippen molar-refractivity contribution in [2.24, 2.45) is 0 Å². The number of carbonyl (C=O) groups is 1. The number of hydrogen-bond donors (Lipinski definition) is 0. The van der Waals surface area contributed by atoms with Crippen LogP contribution in [0.15, 0.2) is 30.3 Å². The summed E-state index contributed by atoms with van der Waals surface area (Å²) >= 11 is 0. The predicted octanol–water partition coefficient (Wildman–Crippen LogP) is 2.59. The fourth-order valence-electron chi connectivity index (χ4n) is 1.42. The van der Waals surface area contributed by atoms with Crippen LogP contribution in [0.4, 0.5) is 13.2 Å². The van der Waals surface area contributed by atoms with Crippen LogP contribution in [-0.4, -0.2) is 11.0 Å². The molecule has 0 spiro atoms. The van der Waals surface area contributed by atoms with Gasteiger partial charge in [-0.15, -0.1) is 0 Å². The Balaban J connectivity index is 2.36. The van der Waals surface area contributed by atoms with Gasteiger partial charge in [-0.2, -0.15) is 19.0 Å². The van der Waals surface area contributed by atoms with E-state index >= 15 is 0 Å². The SMILES string of the molecule is N#Cc1ccccc1OC(=O)c1cc(F)nc(F)c1F. The highest BCUT2D eigenvalue weighted by Crippen LogP contribution is 2.20. The standard InChI is InChI=1S/C13H5F3N2O2/c14-10-5-8(11(15)12(16)18-10)13(19)20-9-4-2-1-3-7(9)6-17/h1-5H. The van der Waals surface area contributed by atoms with Crippen molar-refractivity contribution in [1.82, 2.24) is 4.98 Å². The van der Waals surface area contributed by atoms with Crippen molar-refractivity contribution in [2.45, 2.75) is 0 Å². The van der Waals surface area contributed by atoms with E-state index in [-0.39, 0.29) is 11.3 Å². The molecule has 0 N–H and O–H groups in total. The summed E-state index contributed by atoms with van der Waals surface area (Å²) < 4.78 is 43.9. The second kappa shape index (κ2) is 5.40. The lowest BCUT2D eigenvalue weighted by Gasteiger charge is -2.06. The van der Waals surface area contributed by atoms with Gasteiger partial charge in [0.2, 0.25) is 5.95 Å². The maximum absolute atomic E-state index is 13.3. The molecule has 1 aromatic carbocycles. The lowest BCUT2D eigenvalue weighted by Crippen LogP contribution is -2.14. The molecule has 0 saturated heterocycles. The van der Waals surface area contributed by atoms with E-state index in [1.54, 1.807) is 6.07 Å². The molecule has 0 amide bonds. The number of hydrogen-bond acceptors (Lipinski definition) is 4. The average Bonchev–Trinajstić information content (AvgIpc) is 2.43. The molecule has 4 nitrogen and oxygen atoms in total. The van der Waals surface area contributed by atoms with E-state index < -0.39 is 29.2 Å². The number of esters is 1. The molecule has 0 atom stereocenters. The summed E-state index contributed by atoms with van der Waals surface area (Å²) in [4.78, 5) is 14.3. The first kappa shape index (κ1) is 13.5. The summed E-state index contributed by atoms with van der Waals surface area (Å²) in [7, 11) is 0. The second-order valence-corrected chi connectivity index (χ2v) is 3.59. The minimum Gasteiger partial charge on any atom is -0.421 e. The Morgan fingerprint density at radius 2 is 1.95 bits per heavy atom. The largest absolute Gasteiger partial charge is 0.421 e. The molecule has 1 aromatic heterocycles. The monoisotopic (exact) mass is 278 g/mol. The topological polar surface area (TPSA) is 63.0 Å². The van der Waals surface area contributed by atoms with Gasteiger partial charge < -0.3 is 4.74 Å². The van der Waals surface area contributed by atoms with Crippen molar-refractivity contribution >= 4 is 5.97 Å². The van der Waals surface area contributed by atoms with E-state index in [9.17, 15) is 18.0 Å². The molecule has 0 aliphatic heterocycles. The maximum Gasteiger partial charge on any atom is 0.346 e. The Hall–Kier alpha value is -2.88. The van der Waals surface area contributed by atoms with Crippen molar-refractivity contribution in [3.63, 3.8) is 0 Å². The lowest BCUT2D eigenvalue weighted by atomic mass is 10.2. The van der Waals surface area contributed by atoms with Crippen molar-refractivity contribution in [3.05, 3.63) is 59.2 Å². The highest BCUT2D eigenvalue weighted by molar-refractivity contribution is 5.91. The number of aromatic nitrogens is 1. The van der Waals surface area contributed by atoms with E-state index in [1.165, 1.54) is 24.3 Å². The molecule has 100 valence electrons. The van der Waals surface area contributed by atoms with Crippen LogP contribution in [-0.2, 0) is 0 Å². The number of ether oxygens (including phenoxy) is 1. The third-order valence-corrected chi connectivity index (χ3v) is 2.32. The third kappa shape index (κ3) is 2.59. The zero-order valence-corrected chi connectivity index (χ0v) is 9.73. The van der Waals surface area contributed by atoms with Gasteiger partial charge >= 0.3 is 5.97 Å². The van der Waals surface area contributed by atoms with Gasteiger partial charge in [0, 0.05) is 6.07 Å². The van der Waals surface area contributed by atoms with Crippen LogP contribution in [0.3, 0.4) is 0 Å². The van der Waals surface area contributed by atoms with Crippen LogP contribution in [0.2, 0.25) is 0 Å². The normalized spacial score (nSPS) is 9.90. The predicted molar refractivity (Wildman–Crippen MR) is 60.2 cm³/mol. The Morgan fingerprint density at radius 1 is 1.25 bits per heavy atom. The van der Waals surface area contributed by atoms with Crippen molar-refractivity contribution in [2.75, 3.05) is 0 Å². The summed E-state index contributed by atoms with van der Waals surface area (Å²) in [5.41, 5.74) is -0.918. The summed E-state index contributed by atoms with van der Waals surface area (Å²) in [5.74, 6) is -6.19. The van der Waals surface area contributed by atoms with E-state index in [0.29, 0.717) is 6.07 Å². The van der Waals surface area contributed by atoms with Gasteiger partial charge in [0.15, 0.2) is 5.82 Å². The van der Waals surface area contributed by atoms with Gasteiger partial charge in [0.05, 0.1) is 5.56 Å². The molecule has 0 radical (unpaired) electrons. The fourth-order valence-corrected chi connectivity index (χ4v) is 1.42. The highest BCUT2D eigenvalue weighted by atomic mass is 19.2. The number of benzene rings is 1. The van der Waals surface area contributed by atoms with Crippen molar-refractivity contribution in [1.29, 1.82) is 5.26 Å². The van der Waals surface area contributed by atoms with Gasteiger partial charge in [-0.1, -0.05) is 12.1 Å². The zero-order valence-electron chi connectivity index (χ0n) is 9.73. The molecular weight excluding hydrogens is 273 g/mol. The lowest BCUT2D eigenvalue weighted by molar-refractivity contribution is 0.0726.